The van der Waals surface area contributed by atoms with Crippen LogP contribution in [-0.4, -0.2) is 17.1 Å². The summed E-state index contributed by atoms with van der Waals surface area (Å²) in [5.74, 6) is 2.25. The van der Waals surface area contributed by atoms with Crippen LogP contribution in [0, 0.1) is 5.92 Å². The molecule has 0 saturated carbocycles. The second kappa shape index (κ2) is 7.36. The molecule has 2 N–H and O–H groups in total. The number of aromatic amines is 1. The number of para-hydroxylation sites is 2. The van der Waals surface area contributed by atoms with Crippen molar-refractivity contribution in [3.8, 4) is 5.75 Å². The molecule has 2 aromatic carbocycles. The average molecular weight is 388 g/mol. The molecule has 5 heteroatoms. The first-order valence-corrected chi connectivity index (χ1v) is 8.88. The molecule has 3 rings (SSSR count). The van der Waals surface area contributed by atoms with Gasteiger partial charge in [0.15, 0.2) is 0 Å². The number of aromatic nitrogens is 2. The third-order valence-corrected chi connectivity index (χ3v) is 4.73. The SMILES string of the molecule is COc1ccc(CN[C@H](c2nc3ccccc3[nH]2)C(C)C)cc1Br. The Bertz CT molecular complexity index is 795. The van der Waals surface area contributed by atoms with Crippen LogP contribution in [0.5, 0.6) is 5.75 Å². The lowest BCUT2D eigenvalue weighted by Crippen LogP contribution is -2.26. The monoisotopic (exact) mass is 387 g/mol. The summed E-state index contributed by atoms with van der Waals surface area (Å²) in [6.45, 7) is 5.17. The van der Waals surface area contributed by atoms with Gasteiger partial charge in [0.25, 0.3) is 0 Å². The highest BCUT2D eigenvalue weighted by Crippen LogP contribution is 2.27. The summed E-state index contributed by atoms with van der Waals surface area (Å²) in [6, 6.07) is 14.4. The maximum atomic E-state index is 5.28. The van der Waals surface area contributed by atoms with E-state index in [1.54, 1.807) is 7.11 Å². The second-order valence-electron chi connectivity index (χ2n) is 6.21. The minimum atomic E-state index is 0.165. The van der Waals surface area contributed by atoms with Crippen LogP contribution in [0.2, 0.25) is 0 Å². The number of imidazole rings is 1. The number of nitrogens with zero attached hydrogens (tertiary/aromatic N) is 1. The fourth-order valence-electron chi connectivity index (χ4n) is 2.82. The van der Waals surface area contributed by atoms with Crippen molar-refractivity contribution in [1.29, 1.82) is 0 Å². The predicted molar refractivity (Wildman–Crippen MR) is 101 cm³/mol. The van der Waals surface area contributed by atoms with Crippen molar-refractivity contribution in [1.82, 2.24) is 15.3 Å². The van der Waals surface area contributed by atoms with Crippen LogP contribution in [0.15, 0.2) is 46.9 Å². The van der Waals surface area contributed by atoms with E-state index in [1.807, 2.05) is 24.3 Å². The van der Waals surface area contributed by atoms with Crippen molar-refractivity contribution in [2.45, 2.75) is 26.4 Å². The van der Waals surface area contributed by atoms with Gasteiger partial charge in [0.1, 0.15) is 11.6 Å². The van der Waals surface area contributed by atoms with Gasteiger partial charge in [-0.25, -0.2) is 4.98 Å². The molecule has 0 radical (unpaired) electrons. The summed E-state index contributed by atoms with van der Waals surface area (Å²) in [6.07, 6.45) is 0. The van der Waals surface area contributed by atoms with Gasteiger partial charge in [0.2, 0.25) is 0 Å². The molecule has 0 spiro atoms. The third-order valence-electron chi connectivity index (χ3n) is 4.11. The fourth-order valence-corrected chi connectivity index (χ4v) is 3.40. The van der Waals surface area contributed by atoms with Crippen LogP contribution in [0.3, 0.4) is 0 Å². The summed E-state index contributed by atoms with van der Waals surface area (Å²) in [5, 5.41) is 3.62. The largest absolute Gasteiger partial charge is 0.496 e. The van der Waals surface area contributed by atoms with E-state index >= 15 is 0 Å². The zero-order chi connectivity index (χ0) is 17.1. The smallest absolute Gasteiger partial charge is 0.133 e. The molecular weight excluding hydrogens is 366 g/mol. The topological polar surface area (TPSA) is 49.9 Å². The normalized spacial score (nSPS) is 12.7. The minimum Gasteiger partial charge on any atom is -0.496 e. The number of hydrogen-bond acceptors (Lipinski definition) is 3. The number of benzene rings is 2. The van der Waals surface area contributed by atoms with Gasteiger partial charge in [-0.3, -0.25) is 0 Å². The lowest BCUT2D eigenvalue weighted by Gasteiger charge is -2.20. The first kappa shape index (κ1) is 17.0. The zero-order valence-corrected chi connectivity index (χ0v) is 15.7. The van der Waals surface area contributed by atoms with Crippen molar-refractivity contribution < 1.29 is 4.74 Å². The van der Waals surface area contributed by atoms with Crippen molar-refractivity contribution in [3.05, 3.63) is 58.3 Å². The highest BCUT2D eigenvalue weighted by molar-refractivity contribution is 9.10. The Balaban J connectivity index is 1.78. The van der Waals surface area contributed by atoms with Gasteiger partial charge in [-0.15, -0.1) is 0 Å². The van der Waals surface area contributed by atoms with Crippen LogP contribution < -0.4 is 10.1 Å². The molecule has 1 atom stereocenters. The number of fused-ring (bicyclic) bond motifs is 1. The molecule has 24 heavy (non-hydrogen) atoms. The number of ether oxygens (including phenoxy) is 1. The van der Waals surface area contributed by atoms with Crippen LogP contribution >= 0.6 is 15.9 Å². The maximum Gasteiger partial charge on any atom is 0.133 e. The molecule has 0 aliphatic carbocycles. The molecule has 0 fully saturated rings. The van der Waals surface area contributed by atoms with Gasteiger partial charge >= 0.3 is 0 Å². The van der Waals surface area contributed by atoms with Crippen LogP contribution in [0.25, 0.3) is 11.0 Å². The number of nitrogens with one attached hydrogen (secondary N) is 2. The molecule has 0 amide bonds. The van der Waals surface area contributed by atoms with Crippen molar-refractivity contribution in [3.63, 3.8) is 0 Å². The predicted octanol–water partition coefficient (Wildman–Crippen LogP) is 4.82. The van der Waals surface area contributed by atoms with Gasteiger partial charge in [0.05, 0.1) is 28.7 Å². The second-order valence-corrected chi connectivity index (χ2v) is 7.07. The van der Waals surface area contributed by atoms with E-state index < -0.39 is 0 Å². The van der Waals surface area contributed by atoms with Crippen LogP contribution in [0.1, 0.15) is 31.3 Å². The van der Waals surface area contributed by atoms with E-state index in [2.05, 4.69) is 58.3 Å². The molecular formula is C19H22BrN3O. The minimum absolute atomic E-state index is 0.165. The first-order chi connectivity index (χ1) is 11.6. The van der Waals surface area contributed by atoms with Gasteiger partial charge in [0, 0.05) is 6.54 Å². The van der Waals surface area contributed by atoms with E-state index in [1.165, 1.54) is 5.56 Å². The molecule has 0 saturated heterocycles. The molecule has 0 bridgehead atoms. The molecule has 1 aromatic heterocycles. The highest BCUT2D eigenvalue weighted by atomic mass is 79.9. The maximum absolute atomic E-state index is 5.28. The van der Waals surface area contributed by atoms with E-state index in [0.717, 1.165) is 33.6 Å². The lowest BCUT2D eigenvalue weighted by atomic mass is 10.0. The Kier molecular flexibility index (Phi) is 5.21. The van der Waals surface area contributed by atoms with E-state index in [9.17, 15) is 0 Å². The van der Waals surface area contributed by atoms with Crippen molar-refractivity contribution >= 4 is 27.0 Å². The van der Waals surface area contributed by atoms with E-state index in [4.69, 9.17) is 9.72 Å². The Labute approximate surface area is 150 Å². The first-order valence-electron chi connectivity index (χ1n) is 8.09. The standard InChI is InChI=1S/C19H22BrN3O/c1-12(2)18(19-22-15-6-4-5-7-16(15)23-19)21-11-13-8-9-17(24-3)14(20)10-13/h4-10,12,18,21H,11H2,1-3H3,(H,22,23)/t18-/m0/s1. The zero-order valence-electron chi connectivity index (χ0n) is 14.1. The van der Waals surface area contributed by atoms with E-state index in [-0.39, 0.29) is 6.04 Å². The molecule has 1 heterocycles. The third kappa shape index (κ3) is 3.62. The Hall–Kier alpha value is -1.85. The summed E-state index contributed by atoms with van der Waals surface area (Å²) >= 11 is 3.54. The Morgan fingerprint density at radius 1 is 1.21 bits per heavy atom. The molecule has 0 aliphatic rings. The molecule has 0 aliphatic heterocycles. The fraction of sp³-hybridized carbons (Fsp3) is 0.316. The lowest BCUT2D eigenvalue weighted by molar-refractivity contribution is 0.395. The van der Waals surface area contributed by atoms with Crippen molar-refractivity contribution in [2.24, 2.45) is 5.92 Å². The summed E-state index contributed by atoms with van der Waals surface area (Å²) < 4.78 is 6.25. The van der Waals surface area contributed by atoms with Gasteiger partial charge in [-0.1, -0.05) is 32.0 Å². The number of H-pyrrole nitrogens is 1. The average Bonchev–Trinajstić information content (AvgIpc) is 2.98. The summed E-state index contributed by atoms with van der Waals surface area (Å²) in [5.41, 5.74) is 3.28. The number of halogens is 1. The molecule has 0 unspecified atom stereocenters. The molecule has 3 aromatic rings. The number of hydrogen-bond donors (Lipinski definition) is 2. The quantitative estimate of drug-likeness (QED) is 0.637. The summed E-state index contributed by atoms with van der Waals surface area (Å²) in [7, 11) is 1.67. The van der Waals surface area contributed by atoms with Crippen LogP contribution in [-0.2, 0) is 6.54 Å². The Morgan fingerprint density at radius 2 is 2.00 bits per heavy atom. The van der Waals surface area contributed by atoms with Gasteiger partial charge in [-0.2, -0.15) is 0 Å². The van der Waals surface area contributed by atoms with E-state index in [0.29, 0.717) is 5.92 Å². The Morgan fingerprint density at radius 3 is 2.67 bits per heavy atom. The molecule has 126 valence electrons. The highest BCUT2D eigenvalue weighted by Gasteiger charge is 2.19. The van der Waals surface area contributed by atoms with Crippen molar-refractivity contribution in [2.75, 3.05) is 7.11 Å². The van der Waals surface area contributed by atoms with Gasteiger partial charge in [-0.05, 0) is 51.7 Å². The van der Waals surface area contributed by atoms with Gasteiger partial charge < -0.3 is 15.0 Å². The molecule has 4 nitrogen and oxygen atoms in total. The van der Waals surface area contributed by atoms with Crippen LogP contribution in [0.4, 0.5) is 0 Å². The number of methoxy groups -OCH3 is 1. The summed E-state index contributed by atoms with van der Waals surface area (Å²) in [4.78, 5) is 8.18. The number of rotatable bonds is 6.